The fourth-order valence-corrected chi connectivity index (χ4v) is 3.54. The molecule has 7 nitrogen and oxygen atoms in total. The third kappa shape index (κ3) is 3.96. The molecule has 2 aliphatic rings. The van der Waals surface area contributed by atoms with Crippen LogP contribution in [0.25, 0.3) is 0 Å². The van der Waals surface area contributed by atoms with Crippen molar-refractivity contribution < 1.29 is 27.6 Å². The lowest BCUT2D eigenvalue weighted by molar-refractivity contribution is -0.137. The summed E-state index contributed by atoms with van der Waals surface area (Å²) in [6.45, 7) is 2.99. The number of benzene rings is 1. The minimum Gasteiger partial charge on any atom is -0.325 e. The molecule has 2 aliphatic heterocycles. The van der Waals surface area contributed by atoms with Crippen LogP contribution < -0.4 is 10.6 Å². The summed E-state index contributed by atoms with van der Waals surface area (Å²) in [4.78, 5) is 39.5. The van der Waals surface area contributed by atoms with Crippen molar-refractivity contribution >= 4 is 23.5 Å². The van der Waals surface area contributed by atoms with Gasteiger partial charge in [0.15, 0.2) is 0 Å². The Hall–Kier alpha value is -2.62. The highest BCUT2D eigenvalue weighted by Gasteiger charge is 2.51. The number of likely N-dealkylation sites (N-methyl/N-ethyl adjacent to an activating group) is 1. The molecule has 0 unspecified atom stereocenters. The van der Waals surface area contributed by atoms with Crippen LogP contribution in [0.4, 0.5) is 23.7 Å². The van der Waals surface area contributed by atoms with Gasteiger partial charge in [0.1, 0.15) is 5.54 Å². The maximum absolute atomic E-state index is 12.6. The zero-order valence-corrected chi connectivity index (χ0v) is 15.3. The lowest BCUT2D eigenvalue weighted by Crippen LogP contribution is -2.55. The summed E-state index contributed by atoms with van der Waals surface area (Å²) in [6, 6.07) is 3.85. The molecule has 0 saturated carbocycles. The van der Waals surface area contributed by atoms with E-state index in [4.69, 9.17) is 0 Å². The highest BCUT2D eigenvalue weighted by atomic mass is 19.4. The van der Waals surface area contributed by atoms with Gasteiger partial charge >= 0.3 is 12.2 Å². The van der Waals surface area contributed by atoms with Gasteiger partial charge in [-0.1, -0.05) is 0 Å². The first-order valence-corrected chi connectivity index (χ1v) is 8.98. The van der Waals surface area contributed by atoms with E-state index < -0.39 is 17.3 Å². The number of carbonyl (C=O) groups is 3. The number of amides is 4. The Morgan fingerprint density at radius 3 is 2.29 bits per heavy atom. The molecule has 0 bridgehead atoms. The van der Waals surface area contributed by atoms with Crippen LogP contribution in [0.15, 0.2) is 24.3 Å². The zero-order valence-electron chi connectivity index (χ0n) is 15.3. The minimum absolute atomic E-state index is 0.0523. The molecular weight excluding hydrogens is 377 g/mol. The van der Waals surface area contributed by atoms with Gasteiger partial charge in [-0.05, 0) is 44.0 Å². The number of carbonyl (C=O) groups excluding carboxylic acids is 3. The fraction of sp³-hybridized carbons (Fsp3) is 0.500. The predicted molar refractivity (Wildman–Crippen MR) is 94.4 cm³/mol. The van der Waals surface area contributed by atoms with Gasteiger partial charge < -0.3 is 10.6 Å². The van der Waals surface area contributed by atoms with Crippen molar-refractivity contribution in [3.05, 3.63) is 29.8 Å². The van der Waals surface area contributed by atoms with Crippen LogP contribution in [0.5, 0.6) is 0 Å². The number of hydrogen-bond acceptors (Lipinski definition) is 4. The molecule has 0 radical (unpaired) electrons. The number of hydrogen-bond donors (Lipinski definition) is 2. The summed E-state index contributed by atoms with van der Waals surface area (Å²) in [7, 11) is 0. The van der Waals surface area contributed by atoms with E-state index in [2.05, 4.69) is 10.6 Å². The number of alkyl halides is 3. The lowest BCUT2D eigenvalue weighted by atomic mass is 9.87. The van der Waals surface area contributed by atoms with E-state index in [1.807, 2.05) is 4.90 Å². The topological polar surface area (TPSA) is 81.8 Å². The molecular formula is C18H21F3N4O3. The van der Waals surface area contributed by atoms with E-state index in [0.717, 1.165) is 12.1 Å². The van der Waals surface area contributed by atoms with Crippen molar-refractivity contribution in [1.29, 1.82) is 0 Å². The molecule has 2 N–H and O–H groups in total. The third-order valence-corrected chi connectivity index (χ3v) is 5.13. The first-order chi connectivity index (χ1) is 13.1. The summed E-state index contributed by atoms with van der Waals surface area (Å²) in [5.41, 5.74) is -1.40. The second kappa shape index (κ2) is 7.42. The van der Waals surface area contributed by atoms with Crippen LogP contribution in [-0.4, -0.2) is 59.4 Å². The van der Waals surface area contributed by atoms with E-state index in [1.54, 1.807) is 6.92 Å². The van der Waals surface area contributed by atoms with Crippen molar-refractivity contribution in [2.24, 2.45) is 0 Å². The molecule has 2 heterocycles. The molecule has 1 spiro atoms. The molecule has 0 aromatic heterocycles. The van der Waals surface area contributed by atoms with Gasteiger partial charge in [-0.2, -0.15) is 13.2 Å². The first kappa shape index (κ1) is 20.1. The largest absolute Gasteiger partial charge is 0.416 e. The minimum atomic E-state index is -4.42. The highest BCUT2D eigenvalue weighted by molar-refractivity contribution is 6.07. The Bertz CT molecular complexity index is 771. The van der Waals surface area contributed by atoms with E-state index in [9.17, 15) is 27.6 Å². The van der Waals surface area contributed by atoms with Gasteiger partial charge in [0.2, 0.25) is 5.91 Å². The Morgan fingerprint density at radius 1 is 1.18 bits per heavy atom. The normalized spacial score (nSPS) is 19.8. The molecule has 1 aromatic rings. The number of imide groups is 1. The van der Waals surface area contributed by atoms with E-state index in [-0.39, 0.29) is 30.1 Å². The zero-order chi connectivity index (χ0) is 20.5. The van der Waals surface area contributed by atoms with Crippen LogP contribution in [0, 0.1) is 0 Å². The predicted octanol–water partition coefficient (Wildman–Crippen LogP) is 2.05. The Morgan fingerprint density at radius 2 is 1.79 bits per heavy atom. The summed E-state index contributed by atoms with van der Waals surface area (Å²) >= 11 is 0. The van der Waals surface area contributed by atoms with Crippen molar-refractivity contribution in [3.63, 3.8) is 0 Å². The monoisotopic (exact) mass is 398 g/mol. The number of nitrogens with one attached hydrogen (secondary N) is 2. The number of halogens is 3. The number of urea groups is 1. The van der Waals surface area contributed by atoms with Crippen molar-refractivity contribution in [3.8, 4) is 0 Å². The molecule has 3 rings (SSSR count). The highest BCUT2D eigenvalue weighted by Crippen LogP contribution is 2.30. The lowest BCUT2D eigenvalue weighted by Gasteiger charge is -2.36. The maximum atomic E-state index is 12.6. The molecule has 152 valence electrons. The Balaban J connectivity index is 1.52. The molecule has 0 aliphatic carbocycles. The van der Waals surface area contributed by atoms with Crippen LogP contribution in [0.1, 0.15) is 25.3 Å². The number of anilines is 1. The van der Waals surface area contributed by atoms with E-state index in [0.29, 0.717) is 32.5 Å². The van der Waals surface area contributed by atoms with Crippen LogP contribution in [-0.2, 0) is 15.8 Å². The van der Waals surface area contributed by atoms with Gasteiger partial charge in [-0.25, -0.2) is 4.79 Å². The Kier molecular flexibility index (Phi) is 5.33. The summed E-state index contributed by atoms with van der Waals surface area (Å²) in [5.74, 6) is -0.582. The van der Waals surface area contributed by atoms with Crippen LogP contribution in [0.2, 0.25) is 0 Å². The smallest absolute Gasteiger partial charge is 0.325 e. The second-order valence-electron chi connectivity index (χ2n) is 6.96. The number of rotatable bonds is 4. The summed E-state index contributed by atoms with van der Waals surface area (Å²) < 4.78 is 37.7. The van der Waals surface area contributed by atoms with Gasteiger partial charge in [0.25, 0.3) is 5.91 Å². The molecule has 2 saturated heterocycles. The standard InChI is InChI=1S/C18H21F3N4O3/c1-2-25-15(27)17(23-16(25)28)7-9-24(10-8-17)11-14(26)22-13-5-3-12(4-6-13)18(19,20)21/h3-6H,2,7-11H2,1H3,(H,22,26)(H,23,28). The molecule has 28 heavy (non-hydrogen) atoms. The summed E-state index contributed by atoms with van der Waals surface area (Å²) in [6.07, 6.45) is -3.62. The third-order valence-electron chi connectivity index (χ3n) is 5.13. The van der Waals surface area contributed by atoms with E-state index >= 15 is 0 Å². The molecule has 1 aromatic carbocycles. The van der Waals surface area contributed by atoms with Crippen LogP contribution in [0.3, 0.4) is 0 Å². The van der Waals surface area contributed by atoms with Gasteiger partial charge in [0, 0.05) is 25.3 Å². The molecule has 0 atom stereocenters. The quantitative estimate of drug-likeness (QED) is 0.761. The van der Waals surface area contributed by atoms with Crippen molar-refractivity contribution in [2.75, 3.05) is 31.5 Å². The summed E-state index contributed by atoms with van der Waals surface area (Å²) in [5, 5.41) is 5.34. The number of nitrogens with zero attached hydrogens (tertiary/aromatic N) is 2. The average molecular weight is 398 g/mol. The van der Waals surface area contributed by atoms with E-state index in [1.165, 1.54) is 17.0 Å². The maximum Gasteiger partial charge on any atom is 0.416 e. The second-order valence-corrected chi connectivity index (χ2v) is 6.96. The number of piperidine rings is 1. The van der Waals surface area contributed by atoms with Crippen LogP contribution >= 0.6 is 0 Å². The Labute approximate surface area is 159 Å². The fourth-order valence-electron chi connectivity index (χ4n) is 3.54. The first-order valence-electron chi connectivity index (χ1n) is 8.98. The average Bonchev–Trinajstić information content (AvgIpc) is 2.86. The molecule has 4 amide bonds. The van der Waals surface area contributed by atoms with Crippen molar-refractivity contribution in [1.82, 2.24) is 15.1 Å². The molecule has 2 fully saturated rings. The van der Waals surface area contributed by atoms with Crippen molar-refractivity contribution in [2.45, 2.75) is 31.5 Å². The van der Waals surface area contributed by atoms with Gasteiger partial charge in [0.05, 0.1) is 12.1 Å². The SMILES string of the molecule is CCN1C(=O)NC2(CCN(CC(=O)Nc3ccc(C(F)(F)F)cc3)CC2)C1=O. The molecule has 10 heteroatoms. The van der Waals surface area contributed by atoms with Gasteiger partial charge in [-0.15, -0.1) is 0 Å². The number of likely N-dealkylation sites (tertiary alicyclic amines) is 1. The van der Waals surface area contributed by atoms with Gasteiger partial charge in [-0.3, -0.25) is 19.4 Å².